The molecule has 0 spiro atoms. The number of aliphatic hydroxyl groups is 1. The maximum absolute atomic E-state index is 12.0. The molecular formula is C17H26N2O3. The highest BCUT2D eigenvalue weighted by Gasteiger charge is 2.21. The number of benzene rings is 1. The van der Waals surface area contributed by atoms with Gasteiger partial charge in [-0.05, 0) is 43.7 Å². The van der Waals surface area contributed by atoms with E-state index in [-0.39, 0.29) is 12.6 Å². The number of rotatable bonds is 5. The molecule has 2 N–H and O–H groups in total. The van der Waals surface area contributed by atoms with Crippen LogP contribution in [0.3, 0.4) is 0 Å². The summed E-state index contributed by atoms with van der Waals surface area (Å²) >= 11 is 0. The largest absolute Gasteiger partial charge is 0.491 e. The van der Waals surface area contributed by atoms with Crippen molar-refractivity contribution in [1.82, 2.24) is 10.2 Å². The topological polar surface area (TPSA) is 61.8 Å². The summed E-state index contributed by atoms with van der Waals surface area (Å²) in [6, 6.07) is 6.01. The van der Waals surface area contributed by atoms with Gasteiger partial charge in [0.2, 0.25) is 0 Å². The number of carbonyl (C=O) groups excluding carboxylic acids is 1. The van der Waals surface area contributed by atoms with Crippen LogP contribution in [0.5, 0.6) is 5.75 Å². The summed E-state index contributed by atoms with van der Waals surface area (Å²) in [5.74, 6) is 1.25. The minimum absolute atomic E-state index is 0.0403. The first-order chi connectivity index (χ1) is 10.6. The number of likely N-dealkylation sites (tertiary alicyclic amines) is 1. The molecule has 22 heavy (non-hydrogen) atoms. The van der Waals surface area contributed by atoms with E-state index in [0.717, 1.165) is 42.8 Å². The third-order valence-corrected chi connectivity index (χ3v) is 4.19. The molecule has 2 rings (SSSR count). The van der Waals surface area contributed by atoms with Gasteiger partial charge in [0.15, 0.2) is 0 Å². The first-order valence-electron chi connectivity index (χ1n) is 7.94. The van der Waals surface area contributed by atoms with Crippen molar-refractivity contribution in [2.75, 3.05) is 32.8 Å². The van der Waals surface area contributed by atoms with Gasteiger partial charge in [0.05, 0.1) is 6.54 Å². The molecule has 1 aromatic rings. The van der Waals surface area contributed by atoms with Gasteiger partial charge in [0.1, 0.15) is 12.4 Å². The van der Waals surface area contributed by atoms with E-state index in [0.29, 0.717) is 19.1 Å². The van der Waals surface area contributed by atoms with Crippen molar-refractivity contribution in [1.29, 1.82) is 0 Å². The van der Waals surface area contributed by atoms with Crippen LogP contribution < -0.4 is 10.1 Å². The Bertz CT molecular complexity index is 476. The van der Waals surface area contributed by atoms with E-state index in [9.17, 15) is 4.79 Å². The number of amides is 2. The van der Waals surface area contributed by atoms with Gasteiger partial charge in [-0.15, -0.1) is 0 Å². The maximum Gasteiger partial charge on any atom is 0.317 e. The van der Waals surface area contributed by atoms with Crippen molar-refractivity contribution in [3.8, 4) is 5.75 Å². The molecule has 5 nitrogen and oxygen atoms in total. The molecule has 0 bridgehead atoms. The number of aryl methyl sites for hydroxylation is 2. The van der Waals surface area contributed by atoms with Gasteiger partial charge in [-0.3, -0.25) is 0 Å². The van der Waals surface area contributed by atoms with E-state index in [1.165, 1.54) is 0 Å². The van der Waals surface area contributed by atoms with Crippen LogP contribution in [0.2, 0.25) is 0 Å². The fourth-order valence-corrected chi connectivity index (χ4v) is 2.77. The Hall–Kier alpha value is -1.75. The van der Waals surface area contributed by atoms with Crippen LogP contribution in [0, 0.1) is 19.8 Å². The molecule has 1 heterocycles. The molecule has 0 unspecified atom stereocenters. The molecule has 5 heteroatoms. The summed E-state index contributed by atoms with van der Waals surface area (Å²) in [5, 5.41) is 12.0. The van der Waals surface area contributed by atoms with Gasteiger partial charge in [0, 0.05) is 19.7 Å². The molecular weight excluding hydrogens is 280 g/mol. The lowest BCUT2D eigenvalue weighted by Crippen LogP contribution is -2.45. The number of ether oxygens (including phenoxy) is 1. The van der Waals surface area contributed by atoms with Crippen molar-refractivity contribution < 1.29 is 14.6 Å². The highest BCUT2D eigenvalue weighted by atomic mass is 16.5. The molecule has 1 aliphatic rings. The maximum atomic E-state index is 12.0. The molecule has 1 aromatic carbocycles. The second kappa shape index (κ2) is 8.03. The van der Waals surface area contributed by atoms with E-state index in [1.807, 2.05) is 36.9 Å². The minimum atomic E-state index is -0.0403. The number of hydrogen-bond acceptors (Lipinski definition) is 3. The number of nitrogens with one attached hydrogen (secondary N) is 1. The number of carbonyl (C=O) groups is 1. The van der Waals surface area contributed by atoms with Crippen LogP contribution in [0.1, 0.15) is 24.0 Å². The average molecular weight is 306 g/mol. The number of nitrogens with zero attached hydrogens (tertiary/aromatic N) is 1. The van der Waals surface area contributed by atoms with Crippen LogP contribution in [-0.4, -0.2) is 48.9 Å². The Kier molecular flexibility index (Phi) is 6.07. The fraction of sp³-hybridized carbons (Fsp3) is 0.588. The number of urea groups is 1. The van der Waals surface area contributed by atoms with Gasteiger partial charge in [-0.25, -0.2) is 4.79 Å². The predicted molar refractivity (Wildman–Crippen MR) is 86.2 cm³/mol. The minimum Gasteiger partial charge on any atom is -0.491 e. The lowest BCUT2D eigenvalue weighted by Gasteiger charge is -2.31. The van der Waals surface area contributed by atoms with E-state index in [1.54, 1.807) is 0 Å². The predicted octanol–water partition coefficient (Wildman–Crippen LogP) is 2.10. The highest BCUT2D eigenvalue weighted by Crippen LogP contribution is 2.22. The summed E-state index contributed by atoms with van der Waals surface area (Å²) in [6.45, 7) is 6.65. The smallest absolute Gasteiger partial charge is 0.317 e. The molecule has 0 atom stereocenters. The average Bonchev–Trinajstić information content (AvgIpc) is 2.53. The first-order valence-corrected chi connectivity index (χ1v) is 7.94. The third-order valence-electron chi connectivity index (χ3n) is 4.19. The van der Waals surface area contributed by atoms with Crippen molar-refractivity contribution >= 4 is 6.03 Å². The van der Waals surface area contributed by atoms with Crippen LogP contribution in [0.4, 0.5) is 4.79 Å². The van der Waals surface area contributed by atoms with Crippen LogP contribution >= 0.6 is 0 Å². The molecule has 0 aromatic heterocycles. The molecule has 1 aliphatic heterocycles. The van der Waals surface area contributed by atoms with Gasteiger partial charge in [-0.2, -0.15) is 0 Å². The van der Waals surface area contributed by atoms with E-state index in [2.05, 4.69) is 5.32 Å². The van der Waals surface area contributed by atoms with E-state index < -0.39 is 0 Å². The van der Waals surface area contributed by atoms with Gasteiger partial charge >= 0.3 is 6.03 Å². The molecule has 1 saturated heterocycles. The van der Waals surface area contributed by atoms with Crippen LogP contribution in [0.15, 0.2) is 18.2 Å². The summed E-state index contributed by atoms with van der Waals surface area (Å²) in [6.07, 6.45) is 1.76. The van der Waals surface area contributed by atoms with Crippen molar-refractivity contribution in [3.05, 3.63) is 29.3 Å². The Balaban J connectivity index is 1.69. The number of hydrogen-bond donors (Lipinski definition) is 2. The zero-order valence-corrected chi connectivity index (χ0v) is 13.5. The van der Waals surface area contributed by atoms with Crippen molar-refractivity contribution in [2.45, 2.75) is 26.7 Å². The lowest BCUT2D eigenvalue weighted by atomic mass is 9.98. The number of para-hydroxylation sites is 1. The molecule has 1 fully saturated rings. The quantitative estimate of drug-likeness (QED) is 0.819. The SMILES string of the molecule is Cc1cccc(C)c1OCCNC(=O)N1CCC(CO)CC1. The van der Waals surface area contributed by atoms with E-state index in [4.69, 9.17) is 9.84 Å². The Morgan fingerprint density at radius 2 is 1.95 bits per heavy atom. The second-order valence-electron chi connectivity index (χ2n) is 5.91. The van der Waals surface area contributed by atoms with Crippen LogP contribution in [0.25, 0.3) is 0 Å². The highest BCUT2D eigenvalue weighted by molar-refractivity contribution is 5.74. The zero-order chi connectivity index (χ0) is 15.9. The fourth-order valence-electron chi connectivity index (χ4n) is 2.77. The summed E-state index contributed by atoms with van der Waals surface area (Å²) in [4.78, 5) is 13.8. The molecule has 2 amide bonds. The van der Waals surface area contributed by atoms with Gasteiger partial charge in [0.25, 0.3) is 0 Å². The lowest BCUT2D eigenvalue weighted by molar-refractivity contribution is 0.136. The summed E-state index contributed by atoms with van der Waals surface area (Å²) < 4.78 is 5.77. The third kappa shape index (κ3) is 4.37. The molecule has 122 valence electrons. The Morgan fingerprint density at radius 1 is 1.32 bits per heavy atom. The van der Waals surface area contributed by atoms with Crippen LogP contribution in [-0.2, 0) is 0 Å². The zero-order valence-electron chi connectivity index (χ0n) is 13.5. The van der Waals surface area contributed by atoms with Gasteiger partial charge in [-0.1, -0.05) is 18.2 Å². The standard InChI is InChI=1S/C17H26N2O3/c1-13-4-3-5-14(2)16(13)22-11-8-18-17(21)19-9-6-15(12-20)7-10-19/h3-5,15,20H,6-12H2,1-2H3,(H,18,21). The van der Waals surface area contributed by atoms with Crippen molar-refractivity contribution in [2.24, 2.45) is 5.92 Å². The molecule has 0 saturated carbocycles. The van der Waals surface area contributed by atoms with E-state index >= 15 is 0 Å². The van der Waals surface area contributed by atoms with Crippen molar-refractivity contribution in [3.63, 3.8) is 0 Å². The summed E-state index contributed by atoms with van der Waals surface area (Å²) in [7, 11) is 0. The normalized spacial score (nSPS) is 15.7. The number of aliphatic hydroxyl groups excluding tert-OH is 1. The Morgan fingerprint density at radius 3 is 2.55 bits per heavy atom. The Labute approximate surface area is 132 Å². The second-order valence-corrected chi connectivity index (χ2v) is 5.91. The molecule has 0 radical (unpaired) electrons. The molecule has 0 aliphatic carbocycles. The van der Waals surface area contributed by atoms with Gasteiger partial charge < -0.3 is 20.1 Å². The first kappa shape index (κ1) is 16.6. The monoisotopic (exact) mass is 306 g/mol. The number of piperidine rings is 1. The summed E-state index contributed by atoms with van der Waals surface area (Å²) in [5.41, 5.74) is 2.22.